The molecule has 1 aromatic carbocycles. The van der Waals surface area contributed by atoms with Crippen molar-refractivity contribution in [2.24, 2.45) is 0 Å². The fourth-order valence-corrected chi connectivity index (χ4v) is 1.69. The van der Waals surface area contributed by atoms with E-state index in [0.717, 1.165) is 11.3 Å². The molecule has 2 N–H and O–H groups in total. The first kappa shape index (κ1) is 17.8. The van der Waals surface area contributed by atoms with Gasteiger partial charge < -0.3 is 20.1 Å². The molecule has 0 heterocycles. The number of nitrogens with one attached hydrogen (secondary N) is 2. The Hall–Kier alpha value is -2.24. The highest BCUT2D eigenvalue weighted by Crippen LogP contribution is 2.12. The van der Waals surface area contributed by atoms with Crippen molar-refractivity contribution < 1.29 is 19.1 Å². The van der Waals surface area contributed by atoms with Crippen molar-refractivity contribution in [2.75, 3.05) is 12.4 Å². The molecule has 1 unspecified atom stereocenters. The van der Waals surface area contributed by atoms with E-state index in [4.69, 9.17) is 4.74 Å². The summed E-state index contributed by atoms with van der Waals surface area (Å²) in [6.45, 7) is 7.55. The van der Waals surface area contributed by atoms with Gasteiger partial charge in [-0.1, -0.05) is 12.1 Å². The van der Waals surface area contributed by atoms with Crippen molar-refractivity contribution in [3.63, 3.8) is 0 Å². The van der Waals surface area contributed by atoms with Gasteiger partial charge in [0, 0.05) is 12.2 Å². The van der Waals surface area contributed by atoms with E-state index in [2.05, 4.69) is 15.4 Å². The Balaban J connectivity index is 2.48. The van der Waals surface area contributed by atoms with Crippen LogP contribution in [0.15, 0.2) is 24.3 Å². The van der Waals surface area contributed by atoms with Crippen LogP contribution in [0.5, 0.6) is 0 Å². The maximum atomic E-state index is 11.6. The summed E-state index contributed by atoms with van der Waals surface area (Å²) in [5, 5.41) is 5.72. The second kappa shape index (κ2) is 7.68. The summed E-state index contributed by atoms with van der Waals surface area (Å²) >= 11 is 0. The number of hydrogen-bond acceptors (Lipinski definition) is 5. The second-order valence-corrected chi connectivity index (χ2v) is 5.94. The molecule has 0 spiro atoms. The molecule has 0 aliphatic rings. The van der Waals surface area contributed by atoms with E-state index in [1.807, 2.05) is 45.0 Å². The molecule has 1 atom stereocenters. The lowest BCUT2D eigenvalue weighted by atomic mass is 10.2. The summed E-state index contributed by atoms with van der Waals surface area (Å²) in [6, 6.07) is 6.99. The average Bonchev–Trinajstić information content (AvgIpc) is 2.43. The Bertz CT molecular complexity index is 506. The van der Waals surface area contributed by atoms with Gasteiger partial charge in [0.05, 0.1) is 7.11 Å². The minimum absolute atomic E-state index is 0.323. The molecular weight excluding hydrogens is 284 g/mol. The predicted molar refractivity (Wildman–Crippen MR) is 84.6 cm³/mol. The lowest BCUT2D eigenvalue weighted by Crippen LogP contribution is -2.32. The number of ether oxygens (including phenoxy) is 2. The third-order valence-electron chi connectivity index (χ3n) is 2.73. The molecule has 1 rings (SSSR count). The molecule has 0 bridgehead atoms. The maximum Gasteiger partial charge on any atom is 0.407 e. The van der Waals surface area contributed by atoms with Crippen LogP contribution in [0.4, 0.5) is 10.5 Å². The first-order valence-corrected chi connectivity index (χ1v) is 7.11. The van der Waals surface area contributed by atoms with Crippen molar-refractivity contribution in [3.8, 4) is 0 Å². The van der Waals surface area contributed by atoms with Crippen molar-refractivity contribution in [1.82, 2.24) is 5.32 Å². The number of benzene rings is 1. The van der Waals surface area contributed by atoms with Gasteiger partial charge in [0.25, 0.3) is 0 Å². The molecule has 122 valence electrons. The predicted octanol–water partition coefficient (Wildman–Crippen LogP) is 2.68. The van der Waals surface area contributed by atoms with Gasteiger partial charge >= 0.3 is 12.1 Å². The van der Waals surface area contributed by atoms with Crippen LogP contribution in [-0.2, 0) is 20.8 Å². The van der Waals surface area contributed by atoms with Crippen LogP contribution in [0.3, 0.4) is 0 Å². The van der Waals surface area contributed by atoms with E-state index in [-0.39, 0.29) is 5.97 Å². The summed E-state index contributed by atoms with van der Waals surface area (Å²) in [5.74, 6) is -0.323. The Morgan fingerprint density at radius 2 is 1.77 bits per heavy atom. The quantitative estimate of drug-likeness (QED) is 0.818. The summed E-state index contributed by atoms with van der Waals surface area (Å²) in [6.07, 6.45) is -0.450. The van der Waals surface area contributed by atoms with Crippen LogP contribution in [0.2, 0.25) is 0 Å². The van der Waals surface area contributed by atoms with Crippen LogP contribution < -0.4 is 10.6 Å². The van der Waals surface area contributed by atoms with E-state index in [1.165, 1.54) is 7.11 Å². The normalized spacial score (nSPS) is 12.2. The molecule has 6 heteroatoms. The molecule has 6 nitrogen and oxygen atoms in total. The number of anilines is 1. The monoisotopic (exact) mass is 308 g/mol. The van der Waals surface area contributed by atoms with Crippen LogP contribution >= 0.6 is 0 Å². The second-order valence-electron chi connectivity index (χ2n) is 5.94. The average molecular weight is 308 g/mol. The summed E-state index contributed by atoms with van der Waals surface area (Å²) in [4.78, 5) is 22.9. The van der Waals surface area contributed by atoms with Gasteiger partial charge in [0.2, 0.25) is 0 Å². The maximum absolute atomic E-state index is 11.6. The molecule has 22 heavy (non-hydrogen) atoms. The molecule has 0 radical (unpaired) electrons. The van der Waals surface area contributed by atoms with E-state index in [1.54, 1.807) is 6.92 Å². The van der Waals surface area contributed by atoms with Crippen molar-refractivity contribution in [2.45, 2.75) is 45.9 Å². The van der Waals surface area contributed by atoms with Crippen LogP contribution in [0.25, 0.3) is 0 Å². The zero-order chi connectivity index (χ0) is 16.8. The zero-order valence-corrected chi connectivity index (χ0v) is 13.7. The highest BCUT2D eigenvalue weighted by molar-refractivity contribution is 5.78. The Labute approximate surface area is 131 Å². The minimum atomic E-state index is -0.512. The van der Waals surface area contributed by atoms with Crippen molar-refractivity contribution in [3.05, 3.63) is 29.8 Å². The summed E-state index contributed by atoms with van der Waals surface area (Å²) < 4.78 is 9.81. The third-order valence-corrected chi connectivity index (χ3v) is 2.73. The molecule has 0 saturated carbocycles. The topological polar surface area (TPSA) is 76.7 Å². The lowest BCUT2D eigenvalue weighted by molar-refractivity contribution is -0.141. The van der Waals surface area contributed by atoms with Gasteiger partial charge in [0.1, 0.15) is 11.6 Å². The first-order valence-electron chi connectivity index (χ1n) is 7.11. The number of carbonyl (C=O) groups excluding carboxylic acids is 2. The number of carbonyl (C=O) groups is 2. The molecule has 0 fully saturated rings. The highest BCUT2D eigenvalue weighted by atomic mass is 16.6. The Morgan fingerprint density at radius 1 is 1.18 bits per heavy atom. The Morgan fingerprint density at radius 3 is 2.27 bits per heavy atom. The number of hydrogen-bond donors (Lipinski definition) is 2. The van der Waals surface area contributed by atoms with E-state index in [9.17, 15) is 9.59 Å². The van der Waals surface area contributed by atoms with E-state index in [0.29, 0.717) is 6.54 Å². The highest BCUT2D eigenvalue weighted by Gasteiger charge is 2.15. The first-order chi connectivity index (χ1) is 10.2. The van der Waals surface area contributed by atoms with Gasteiger partial charge in [-0.05, 0) is 45.4 Å². The number of esters is 1. The van der Waals surface area contributed by atoms with Crippen molar-refractivity contribution in [1.29, 1.82) is 0 Å². The summed E-state index contributed by atoms with van der Waals surface area (Å²) in [7, 11) is 1.35. The molecule has 1 amide bonds. The van der Waals surface area contributed by atoms with Crippen molar-refractivity contribution >= 4 is 17.7 Å². The lowest BCUT2D eigenvalue weighted by Gasteiger charge is -2.19. The number of alkyl carbamates (subject to hydrolysis) is 1. The van der Waals surface area contributed by atoms with E-state index < -0.39 is 17.7 Å². The van der Waals surface area contributed by atoms with Gasteiger partial charge in [0.15, 0.2) is 0 Å². The smallest absolute Gasteiger partial charge is 0.407 e. The molecular formula is C16H24N2O4. The molecule has 1 aromatic rings. The summed E-state index contributed by atoms with van der Waals surface area (Å²) in [5.41, 5.74) is 1.23. The van der Waals surface area contributed by atoms with Gasteiger partial charge in [-0.15, -0.1) is 0 Å². The van der Waals surface area contributed by atoms with E-state index >= 15 is 0 Å². The molecule has 0 aromatic heterocycles. The van der Waals surface area contributed by atoms with Crippen LogP contribution in [0.1, 0.15) is 33.3 Å². The fraction of sp³-hybridized carbons (Fsp3) is 0.500. The zero-order valence-electron chi connectivity index (χ0n) is 13.7. The molecule has 0 aliphatic carbocycles. The SMILES string of the molecule is COC(=O)C(C)Nc1ccc(CNC(=O)OC(C)(C)C)cc1. The minimum Gasteiger partial charge on any atom is -0.467 e. The van der Waals surface area contributed by atoms with Crippen LogP contribution in [-0.4, -0.2) is 30.8 Å². The standard InChI is InChI=1S/C16H24N2O4/c1-11(14(19)21-5)18-13-8-6-12(7-9-13)10-17-15(20)22-16(2,3)4/h6-9,11,18H,10H2,1-5H3,(H,17,20). The number of amides is 1. The number of rotatable bonds is 5. The van der Waals surface area contributed by atoms with Gasteiger partial charge in [-0.3, -0.25) is 0 Å². The number of methoxy groups -OCH3 is 1. The Kier molecular flexibility index (Phi) is 6.22. The third kappa shape index (κ3) is 6.47. The van der Waals surface area contributed by atoms with Crippen LogP contribution in [0, 0.1) is 0 Å². The van der Waals surface area contributed by atoms with Gasteiger partial charge in [-0.2, -0.15) is 0 Å². The largest absolute Gasteiger partial charge is 0.467 e. The molecule has 0 saturated heterocycles. The van der Waals surface area contributed by atoms with Gasteiger partial charge in [-0.25, -0.2) is 9.59 Å². The fourth-order valence-electron chi connectivity index (χ4n) is 1.69. The molecule has 0 aliphatic heterocycles.